The third-order valence-corrected chi connectivity index (χ3v) is 3.72. The minimum Gasteiger partial charge on any atom is -0.496 e. The van der Waals surface area contributed by atoms with Gasteiger partial charge in [-0.15, -0.1) is 0 Å². The maximum Gasteiger partial charge on any atom is 0.255 e. The van der Waals surface area contributed by atoms with E-state index < -0.39 is 15.9 Å². The van der Waals surface area contributed by atoms with E-state index in [4.69, 9.17) is 14.6 Å². The molecular weight excluding hydrogens is 296 g/mol. The van der Waals surface area contributed by atoms with Crippen LogP contribution in [-0.2, 0) is 14.8 Å². The molecule has 1 rings (SSSR count). The number of nitrogens with two attached hydrogens (primary N) is 1. The van der Waals surface area contributed by atoms with Crippen LogP contribution in [0, 0.1) is 5.92 Å². The first-order chi connectivity index (χ1) is 9.79. The zero-order valence-corrected chi connectivity index (χ0v) is 13.1. The lowest BCUT2D eigenvalue weighted by molar-refractivity contribution is 0.0931. The summed E-state index contributed by atoms with van der Waals surface area (Å²) in [5.74, 6) is -0.0223. The molecule has 7 nitrogen and oxygen atoms in total. The summed E-state index contributed by atoms with van der Waals surface area (Å²) in [4.78, 5) is 12.0. The van der Waals surface area contributed by atoms with Gasteiger partial charge in [0.1, 0.15) is 5.75 Å². The van der Waals surface area contributed by atoms with Gasteiger partial charge in [0.15, 0.2) is 0 Å². The Hall–Kier alpha value is -1.64. The number of benzene rings is 1. The third kappa shape index (κ3) is 5.00. The molecule has 0 aliphatic carbocycles. The number of primary sulfonamides is 1. The molecule has 1 unspecified atom stereocenters. The number of ether oxygens (including phenoxy) is 2. The Labute approximate surface area is 124 Å². The second-order valence-corrected chi connectivity index (χ2v) is 6.24. The first-order valence-electron chi connectivity index (χ1n) is 6.27. The predicted octanol–water partition coefficient (Wildman–Crippen LogP) is 0.355. The Balaban J connectivity index is 2.96. The van der Waals surface area contributed by atoms with Crippen molar-refractivity contribution < 1.29 is 22.7 Å². The van der Waals surface area contributed by atoms with Crippen LogP contribution in [0.5, 0.6) is 5.75 Å². The molecule has 0 radical (unpaired) electrons. The van der Waals surface area contributed by atoms with E-state index in [0.29, 0.717) is 13.2 Å². The minimum absolute atomic E-state index is 0.119. The molecule has 1 amide bonds. The summed E-state index contributed by atoms with van der Waals surface area (Å²) in [6.45, 7) is 2.83. The van der Waals surface area contributed by atoms with E-state index in [1.165, 1.54) is 25.3 Å². The van der Waals surface area contributed by atoms with Crippen LogP contribution in [0.4, 0.5) is 0 Å². The Morgan fingerprint density at radius 1 is 1.38 bits per heavy atom. The standard InChI is InChI=1S/C13H20N2O5S/c1-9(8-19-2)7-15-13(16)11-6-10(21(14,17)18)4-5-12(11)20-3/h4-6,9H,7-8H2,1-3H3,(H,15,16)(H2,14,17,18). The van der Waals surface area contributed by atoms with Crippen LogP contribution in [0.25, 0.3) is 0 Å². The van der Waals surface area contributed by atoms with Crippen LogP contribution in [0.1, 0.15) is 17.3 Å². The Bertz CT molecular complexity index is 601. The van der Waals surface area contributed by atoms with E-state index >= 15 is 0 Å². The second kappa shape index (κ2) is 7.39. The van der Waals surface area contributed by atoms with Gasteiger partial charge in [-0.2, -0.15) is 0 Å². The zero-order valence-electron chi connectivity index (χ0n) is 12.3. The van der Waals surface area contributed by atoms with Gasteiger partial charge in [0, 0.05) is 13.7 Å². The molecule has 1 atom stereocenters. The summed E-state index contributed by atoms with van der Waals surface area (Å²) >= 11 is 0. The van der Waals surface area contributed by atoms with Crippen LogP contribution in [0.15, 0.2) is 23.1 Å². The molecule has 0 saturated carbocycles. The van der Waals surface area contributed by atoms with Crippen molar-refractivity contribution in [2.75, 3.05) is 27.4 Å². The summed E-state index contributed by atoms with van der Waals surface area (Å²) in [6, 6.07) is 3.89. The zero-order chi connectivity index (χ0) is 16.0. The molecule has 3 N–H and O–H groups in total. The highest BCUT2D eigenvalue weighted by Crippen LogP contribution is 2.21. The van der Waals surface area contributed by atoms with Crippen LogP contribution in [0.3, 0.4) is 0 Å². The van der Waals surface area contributed by atoms with Gasteiger partial charge in [0.25, 0.3) is 5.91 Å². The minimum atomic E-state index is -3.88. The van der Waals surface area contributed by atoms with Crippen molar-refractivity contribution in [3.8, 4) is 5.75 Å². The fraction of sp³-hybridized carbons (Fsp3) is 0.462. The van der Waals surface area contributed by atoms with Crippen LogP contribution >= 0.6 is 0 Å². The second-order valence-electron chi connectivity index (χ2n) is 4.68. The summed E-state index contributed by atoms with van der Waals surface area (Å²) in [5, 5.41) is 7.76. The maximum absolute atomic E-state index is 12.1. The molecule has 0 fully saturated rings. The van der Waals surface area contributed by atoms with Crippen molar-refractivity contribution >= 4 is 15.9 Å². The van der Waals surface area contributed by atoms with Crippen molar-refractivity contribution in [2.45, 2.75) is 11.8 Å². The summed E-state index contributed by atoms with van der Waals surface area (Å²) in [7, 11) is -0.900. The molecule has 0 spiro atoms. The lowest BCUT2D eigenvalue weighted by atomic mass is 10.1. The van der Waals surface area contributed by atoms with Gasteiger partial charge in [-0.1, -0.05) is 6.92 Å². The molecule has 0 aliphatic heterocycles. The molecule has 0 aliphatic rings. The van der Waals surface area contributed by atoms with Gasteiger partial charge in [0.2, 0.25) is 10.0 Å². The quantitative estimate of drug-likeness (QED) is 0.755. The van der Waals surface area contributed by atoms with E-state index in [2.05, 4.69) is 5.32 Å². The number of nitrogens with one attached hydrogen (secondary N) is 1. The number of sulfonamides is 1. The molecule has 21 heavy (non-hydrogen) atoms. The van der Waals surface area contributed by atoms with Gasteiger partial charge in [-0.05, 0) is 24.1 Å². The van der Waals surface area contributed by atoms with Crippen molar-refractivity contribution in [3.63, 3.8) is 0 Å². The first-order valence-corrected chi connectivity index (χ1v) is 7.82. The number of methoxy groups -OCH3 is 2. The number of hydrogen-bond donors (Lipinski definition) is 2. The van der Waals surface area contributed by atoms with Crippen LogP contribution < -0.4 is 15.2 Å². The van der Waals surface area contributed by atoms with Crippen LogP contribution in [-0.4, -0.2) is 41.7 Å². The van der Waals surface area contributed by atoms with Crippen molar-refractivity contribution in [1.82, 2.24) is 5.32 Å². The third-order valence-electron chi connectivity index (χ3n) is 2.81. The highest BCUT2D eigenvalue weighted by Gasteiger charge is 2.17. The van der Waals surface area contributed by atoms with Gasteiger partial charge in [0.05, 0.1) is 24.2 Å². The molecular formula is C13H20N2O5S. The Kier molecular flexibility index (Phi) is 6.13. The van der Waals surface area contributed by atoms with Crippen molar-refractivity contribution in [2.24, 2.45) is 11.1 Å². The average Bonchev–Trinajstić information content (AvgIpc) is 2.43. The van der Waals surface area contributed by atoms with Gasteiger partial charge < -0.3 is 14.8 Å². The number of hydrogen-bond acceptors (Lipinski definition) is 5. The van der Waals surface area contributed by atoms with Crippen LogP contribution in [0.2, 0.25) is 0 Å². The van der Waals surface area contributed by atoms with E-state index in [1.54, 1.807) is 7.11 Å². The molecule has 8 heteroatoms. The topological polar surface area (TPSA) is 108 Å². The van der Waals surface area contributed by atoms with Crippen molar-refractivity contribution in [1.29, 1.82) is 0 Å². The molecule has 1 aromatic carbocycles. The van der Waals surface area contributed by atoms with Gasteiger partial charge in [-0.3, -0.25) is 4.79 Å². The van der Waals surface area contributed by atoms with Crippen molar-refractivity contribution in [3.05, 3.63) is 23.8 Å². The number of rotatable bonds is 7. The van der Waals surface area contributed by atoms with E-state index in [0.717, 1.165) is 0 Å². The number of carbonyl (C=O) groups is 1. The molecule has 1 aromatic rings. The average molecular weight is 316 g/mol. The van der Waals surface area contributed by atoms with Gasteiger partial charge >= 0.3 is 0 Å². The monoisotopic (exact) mass is 316 g/mol. The molecule has 118 valence electrons. The maximum atomic E-state index is 12.1. The fourth-order valence-electron chi connectivity index (χ4n) is 1.75. The van der Waals surface area contributed by atoms with Gasteiger partial charge in [-0.25, -0.2) is 13.6 Å². The fourth-order valence-corrected chi connectivity index (χ4v) is 2.29. The van der Waals surface area contributed by atoms with E-state index in [1.807, 2.05) is 6.92 Å². The Morgan fingerprint density at radius 2 is 2.05 bits per heavy atom. The normalized spacial score (nSPS) is 12.8. The molecule has 0 heterocycles. The largest absolute Gasteiger partial charge is 0.496 e. The molecule has 0 bridgehead atoms. The first kappa shape index (κ1) is 17.4. The predicted molar refractivity (Wildman–Crippen MR) is 77.7 cm³/mol. The number of amides is 1. The highest BCUT2D eigenvalue weighted by molar-refractivity contribution is 7.89. The lowest BCUT2D eigenvalue weighted by Gasteiger charge is -2.13. The number of carbonyl (C=O) groups excluding carboxylic acids is 1. The van der Waals surface area contributed by atoms with E-state index in [-0.39, 0.29) is 22.1 Å². The smallest absolute Gasteiger partial charge is 0.255 e. The Morgan fingerprint density at radius 3 is 2.57 bits per heavy atom. The summed E-state index contributed by atoms with van der Waals surface area (Å²) in [5.41, 5.74) is 0.119. The SMILES string of the molecule is COCC(C)CNC(=O)c1cc(S(N)(=O)=O)ccc1OC. The molecule has 0 saturated heterocycles. The summed E-state index contributed by atoms with van der Waals surface area (Å²) < 4.78 is 32.7. The van der Waals surface area contributed by atoms with E-state index in [9.17, 15) is 13.2 Å². The lowest BCUT2D eigenvalue weighted by Crippen LogP contribution is -2.30. The molecule has 0 aromatic heterocycles. The highest BCUT2D eigenvalue weighted by atomic mass is 32.2. The summed E-state index contributed by atoms with van der Waals surface area (Å²) in [6.07, 6.45) is 0.